The second kappa shape index (κ2) is 7.18. The van der Waals surface area contributed by atoms with Gasteiger partial charge in [0.15, 0.2) is 0 Å². The van der Waals surface area contributed by atoms with E-state index in [0.717, 1.165) is 0 Å². The van der Waals surface area contributed by atoms with Gasteiger partial charge in [-0.1, -0.05) is 18.5 Å². The van der Waals surface area contributed by atoms with Crippen LogP contribution in [0.3, 0.4) is 0 Å². The highest BCUT2D eigenvalue weighted by atomic mass is 35.5. The summed E-state index contributed by atoms with van der Waals surface area (Å²) in [5.74, 6) is -0.551. The minimum absolute atomic E-state index is 0.00961. The number of nitrogens with one attached hydrogen (secondary N) is 2. The van der Waals surface area contributed by atoms with Crippen LogP contribution in [0.1, 0.15) is 19.8 Å². The molecule has 1 aromatic carbocycles. The average Bonchev–Trinajstić information content (AvgIpc) is 2.33. The van der Waals surface area contributed by atoms with Gasteiger partial charge in [-0.3, -0.25) is 0 Å². The lowest BCUT2D eigenvalue weighted by Gasteiger charge is -2.16. The van der Waals surface area contributed by atoms with Crippen molar-refractivity contribution in [3.8, 4) is 0 Å². The minimum Gasteiger partial charge on any atom is -0.396 e. The largest absolute Gasteiger partial charge is 0.396 e. The van der Waals surface area contributed by atoms with Crippen molar-refractivity contribution in [3.05, 3.63) is 29.0 Å². The van der Waals surface area contributed by atoms with Crippen LogP contribution in [0.2, 0.25) is 5.02 Å². The zero-order valence-corrected chi connectivity index (χ0v) is 10.8. The monoisotopic (exact) mass is 274 g/mol. The van der Waals surface area contributed by atoms with Gasteiger partial charge in [0, 0.05) is 17.7 Å². The third-order valence-corrected chi connectivity index (χ3v) is 2.72. The number of carbonyl (C=O) groups excluding carboxylic acids is 1. The summed E-state index contributed by atoms with van der Waals surface area (Å²) in [7, 11) is 0. The van der Waals surface area contributed by atoms with Gasteiger partial charge in [-0.2, -0.15) is 0 Å². The number of hydrogen-bond donors (Lipinski definition) is 3. The fraction of sp³-hybridized carbons (Fsp3) is 0.417. The SMILES string of the molecule is CCC(CCO)NC(=O)Nc1cc(Cl)ccc1F. The maximum atomic E-state index is 13.4. The standard InChI is InChI=1S/C12H16ClFN2O2/c1-2-9(5-6-17)15-12(18)16-11-7-8(13)3-4-10(11)14/h3-4,7,9,17H,2,5-6H2,1H3,(H2,15,16,18). The van der Waals surface area contributed by atoms with E-state index in [1.54, 1.807) is 0 Å². The number of aliphatic hydroxyl groups excluding tert-OH is 1. The Balaban J connectivity index is 2.61. The van der Waals surface area contributed by atoms with E-state index in [-0.39, 0.29) is 18.3 Å². The Kier molecular flexibility index (Phi) is 5.88. The van der Waals surface area contributed by atoms with Crippen molar-refractivity contribution in [2.24, 2.45) is 0 Å². The third kappa shape index (κ3) is 4.50. The number of amides is 2. The van der Waals surface area contributed by atoms with Crippen molar-refractivity contribution >= 4 is 23.3 Å². The average molecular weight is 275 g/mol. The number of halogens is 2. The molecule has 0 heterocycles. The molecule has 18 heavy (non-hydrogen) atoms. The van der Waals surface area contributed by atoms with Crippen molar-refractivity contribution in [1.82, 2.24) is 5.32 Å². The molecule has 6 heteroatoms. The summed E-state index contributed by atoms with van der Waals surface area (Å²) < 4.78 is 13.4. The number of aliphatic hydroxyl groups is 1. The van der Waals surface area contributed by atoms with Crippen molar-refractivity contribution in [3.63, 3.8) is 0 Å². The first-order valence-corrected chi connectivity index (χ1v) is 6.08. The molecule has 1 unspecified atom stereocenters. The zero-order chi connectivity index (χ0) is 13.5. The fourth-order valence-corrected chi connectivity index (χ4v) is 1.64. The van der Waals surface area contributed by atoms with Gasteiger partial charge in [0.05, 0.1) is 5.69 Å². The Morgan fingerprint density at radius 3 is 2.89 bits per heavy atom. The lowest BCUT2D eigenvalue weighted by atomic mass is 10.2. The van der Waals surface area contributed by atoms with E-state index in [0.29, 0.717) is 17.9 Å². The quantitative estimate of drug-likeness (QED) is 0.773. The molecule has 0 spiro atoms. The molecular weight excluding hydrogens is 259 g/mol. The summed E-state index contributed by atoms with van der Waals surface area (Å²) in [6.07, 6.45) is 1.15. The van der Waals surface area contributed by atoms with E-state index < -0.39 is 11.8 Å². The van der Waals surface area contributed by atoms with E-state index in [1.165, 1.54) is 18.2 Å². The molecule has 1 aromatic rings. The number of urea groups is 1. The third-order valence-electron chi connectivity index (χ3n) is 2.48. The molecule has 3 N–H and O–H groups in total. The minimum atomic E-state index is -0.551. The molecule has 1 atom stereocenters. The number of anilines is 1. The van der Waals surface area contributed by atoms with Crippen LogP contribution in [0, 0.1) is 5.82 Å². The predicted molar refractivity (Wildman–Crippen MR) is 69.3 cm³/mol. The van der Waals surface area contributed by atoms with Crippen LogP contribution < -0.4 is 10.6 Å². The Morgan fingerprint density at radius 2 is 2.28 bits per heavy atom. The topological polar surface area (TPSA) is 61.4 Å². The molecule has 0 aliphatic carbocycles. The van der Waals surface area contributed by atoms with Crippen LogP contribution in [0.4, 0.5) is 14.9 Å². The summed E-state index contributed by atoms with van der Waals surface area (Å²) in [6.45, 7) is 1.88. The maximum Gasteiger partial charge on any atom is 0.319 e. The summed E-state index contributed by atoms with van der Waals surface area (Å²) >= 11 is 5.71. The highest BCUT2D eigenvalue weighted by molar-refractivity contribution is 6.30. The molecule has 4 nitrogen and oxygen atoms in total. The molecule has 0 radical (unpaired) electrons. The lowest BCUT2D eigenvalue weighted by molar-refractivity contribution is 0.237. The van der Waals surface area contributed by atoms with E-state index in [2.05, 4.69) is 10.6 Å². The Labute approximate surface area is 110 Å². The van der Waals surface area contributed by atoms with Crippen molar-refractivity contribution in [2.75, 3.05) is 11.9 Å². The number of hydrogen-bond acceptors (Lipinski definition) is 2. The molecule has 0 bridgehead atoms. The normalized spacial score (nSPS) is 12.0. The highest BCUT2D eigenvalue weighted by Crippen LogP contribution is 2.19. The molecule has 0 saturated heterocycles. The zero-order valence-electron chi connectivity index (χ0n) is 10.0. The van der Waals surface area contributed by atoms with E-state index in [4.69, 9.17) is 16.7 Å². The fourth-order valence-electron chi connectivity index (χ4n) is 1.47. The van der Waals surface area contributed by atoms with Gasteiger partial charge in [-0.05, 0) is 31.0 Å². The molecule has 0 saturated carbocycles. The van der Waals surface area contributed by atoms with Crippen LogP contribution in [0.15, 0.2) is 18.2 Å². The van der Waals surface area contributed by atoms with Crippen molar-refractivity contribution in [2.45, 2.75) is 25.8 Å². The first-order valence-electron chi connectivity index (χ1n) is 5.70. The van der Waals surface area contributed by atoms with Gasteiger partial charge in [0.25, 0.3) is 0 Å². The van der Waals surface area contributed by atoms with Gasteiger partial charge in [-0.15, -0.1) is 0 Å². The van der Waals surface area contributed by atoms with E-state index in [9.17, 15) is 9.18 Å². The first-order chi connectivity index (χ1) is 8.56. The van der Waals surface area contributed by atoms with Crippen LogP contribution in [-0.4, -0.2) is 23.8 Å². The predicted octanol–water partition coefficient (Wildman–Crippen LogP) is 2.76. The van der Waals surface area contributed by atoms with Gasteiger partial charge < -0.3 is 15.7 Å². The number of benzene rings is 1. The van der Waals surface area contributed by atoms with Crippen molar-refractivity contribution in [1.29, 1.82) is 0 Å². The molecule has 0 aliphatic heterocycles. The molecular formula is C12H16ClFN2O2. The summed E-state index contributed by atoms with van der Waals surface area (Å²) in [5, 5.41) is 14.2. The van der Waals surface area contributed by atoms with Crippen LogP contribution in [0.5, 0.6) is 0 Å². The van der Waals surface area contributed by atoms with E-state index in [1.807, 2.05) is 6.92 Å². The molecule has 0 aliphatic rings. The number of rotatable bonds is 5. The van der Waals surface area contributed by atoms with Gasteiger partial charge in [0.2, 0.25) is 0 Å². The maximum absolute atomic E-state index is 13.4. The van der Waals surface area contributed by atoms with Crippen molar-refractivity contribution < 1.29 is 14.3 Å². The summed E-state index contributed by atoms with van der Waals surface area (Å²) in [6, 6.07) is 3.27. The van der Waals surface area contributed by atoms with Crippen LogP contribution in [0.25, 0.3) is 0 Å². The smallest absolute Gasteiger partial charge is 0.319 e. The first kappa shape index (κ1) is 14.7. The van der Waals surface area contributed by atoms with Crippen LogP contribution >= 0.6 is 11.6 Å². The molecule has 2 amide bonds. The summed E-state index contributed by atoms with van der Waals surface area (Å²) in [5.41, 5.74) is 0.0267. The Bertz CT molecular complexity index is 415. The highest BCUT2D eigenvalue weighted by Gasteiger charge is 2.11. The van der Waals surface area contributed by atoms with Gasteiger partial charge >= 0.3 is 6.03 Å². The second-order valence-corrected chi connectivity index (χ2v) is 4.28. The molecule has 0 fully saturated rings. The van der Waals surface area contributed by atoms with Gasteiger partial charge in [-0.25, -0.2) is 9.18 Å². The molecule has 1 rings (SSSR count). The second-order valence-electron chi connectivity index (χ2n) is 3.84. The number of carbonyl (C=O) groups is 1. The Morgan fingerprint density at radius 1 is 1.56 bits per heavy atom. The van der Waals surface area contributed by atoms with Crippen LogP contribution in [-0.2, 0) is 0 Å². The molecule has 0 aromatic heterocycles. The lowest BCUT2D eigenvalue weighted by Crippen LogP contribution is -2.38. The molecule has 100 valence electrons. The summed E-state index contributed by atoms with van der Waals surface area (Å²) in [4.78, 5) is 11.6. The van der Waals surface area contributed by atoms with E-state index >= 15 is 0 Å². The van der Waals surface area contributed by atoms with Gasteiger partial charge in [0.1, 0.15) is 5.82 Å². The Hall–Kier alpha value is -1.33.